The lowest BCUT2D eigenvalue weighted by molar-refractivity contribution is 0.158. The van der Waals surface area contributed by atoms with Gasteiger partial charge in [-0.05, 0) is 56.4 Å². The number of pyridine rings is 1. The fourth-order valence-electron chi connectivity index (χ4n) is 5.90. The molecule has 0 spiro atoms. The van der Waals surface area contributed by atoms with Crippen molar-refractivity contribution in [3.63, 3.8) is 0 Å². The Morgan fingerprint density at radius 1 is 1.02 bits per heavy atom. The number of allylic oxidation sites excluding steroid dienone is 4. The second kappa shape index (κ2) is 10.5. The van der Waals surface area contributed by atoms with Crippen molar-refractivity contribution in [1.82, 2.24) is 19.4 Å². The molecule has 3 aromatic heterocycles. The molecule has 1 saturated carbocycles. The summed E-state index contributed by atoms with van der Waals surface area (Å²) in [6.07, 6.45) is 14.6. The quantitative estimate of drug-likeness (QED) is 0.225. The molecule has 2 N–H and O–H groups in total. The number of fused-ring (bicyclic) bond motifs is 2. The van der Waals surface area contributed by atoms with Crippen LogP contribution in [0.15, 0.2) is 96.2 Å². The number of nitrogens with two attached hydrogens (primary N) is 1. The van der Waals surface area contributed by atoms with E-state index in [1.54, 1.807) is 30.5 Å². The lowest BCUT2D eigenvalue weighted by Gasteiger charge is -2.34. The van der Waals surface area contributed by atoms with E-state index in [-0.39, 0.29) is 29.3 Å². The number of hydrogen-bond donors (Lipinski definition) is 1. The molecule has 8 nitrogen and oxygen atoms in total. The molecule has 42 heavy (non-hydrogen) atoms. The molecular formula is C33H31N5O3S. The Bertz CT molecular complexity index is 1970. The molecular weight excluding hydrogens is 546 g/mol. The average Bonchev–Trinajstić information content (AvgIpc) is 3.37. The van der Waals surface area contributed by atoms with E-state index in [4.69, 9.17) is 19.9 Å². The lowest BCUT2D eigenvalue weighted by atomic mass is 9.75. The maximum atomic E-state index is 12.6. The summed E-state index contributed by atoms with van der Waals surface area (Å²) in [4.78, 5) is 14.6. The van der Waals surface area contributed by atoms with Gasteiger partial charge in [-0.15, -0.1) is 0 Å². The van der Waals surface area contributed by atoms with Crippen LogP contribution in [0.25, 0.3) is 27.7 Å². The monoisotopic (exact) mass is 577 g/mol. The predicted octanol–water partition coefficient (Wildman–Crippen LogP) is 6.33. The van der Waals surface area contributed by atoms with E-state index in [1.165, 1.54) is 0 Å². The van der Waals surface area contributed by atoms with E-state index in [9.17, 15) is 8.42 Å². The Balaban J connectivity index is 1.14. The maximum absolute atomic E-state index is 12.6. The second-order valence-corrected chi connectivity index (χ2v) is 12.8. The molecule has 1 atom stereocenters. The van der Waals surface area contributed by atoms with Gasteiger partial charge in [0.25, 0.3) is 10.1 Å². The summed E-state index contributed by atoms with van der Waals surface area (Å²) < 4.78 is 32.7. The number of anilines is 1. The van der Waals surface area contributed by atoms with Gasteiger partial charge < -0.3 is 5.73 Å². The Morgan fingerprint density at radius 2 is 1.83 bits per heavy atom. The minimum absolute atomic E-state index is 0.122. The Hall–Kier alpha value is -4.34. The van der Waals surface area contributed by atoms with Crippen molar-refractivity contribution in [3.05, 3.63) is 108 Å². The highest BCUT2D eigenvalue weighted by Crippen LogP contribution is 2.43. The number of benzene rings is 2. The topological polar surface area (TPSA) is 112 Å². The molecule has 3 heterocycles. The largest absolute Gasteiger partial charge is 0.382 e. The van der Waals surface area contributed by atoms with Crippen molar-refractivity contribution in [2.24, 2.45) is 5.92 Å². The van der Waals surface area contributed by atoms with Crippen molar-refractivity contribution in [2.75, 3.05) is 12.3 Å². The van der Waals surface area contributed by atoms with E-state index in [2.05, 4.69) is 59.6 Å². The fourth-order valence-corrected chi connectivity index (χ4v) is 6.88. The summed E-state index contributed by atoms with van der Waals surface area (Å²) in [5.41, 5.74) is 11.8. The fraction of sp³-hybridized carbons (Fsp3) is 0.242. The first-order chi connectivity index (χ1) is 20.4. The third-order valence-corrected chi connectivity index (χ3v) is 9.62. The van der Waals surface area contributed by atoms with E-state index in [0.29, 0.717) is 5.82 Å². The molecule has 0 amide bonds. The van der Waals surface area contributed by atoms with Gasteiger partial charge in [0.2, 0.25) is 0 Å². The highest BCUT2D eigenvalue weighted by atomic mass is 32.2. The molecule has 0 saturated heterocycles. The van der Waals surface area contributed by atoms with Gasteiger partial charge in [0.05, 0.1) is 17.0 Å². The Morgan fingerprint density at radius 3 is 2.62 bits per heavy atom. The zero-order valence-electron chi connectivity index (χ0n) is 23.2. The van der Waals surface area contributed by atoms with Gasteiger partial charge in [0.15, 0.2) is 0 Å². The predicted molar refractivity (Wildman–Crippen MR) is 164 cm³/mol. The van der Waals surface area contributed by atoms with Crippen LogP contribution in [0.4, 0.5) is 5.82 Å². The first-order valence-electron chi connectivity index (χ1n) is 14.2. The van der Waals surface area contributed by atoms with Crippen molar-refractivity contribution < 1.29 is 12.6 Å². The van der Waals surface area contributed by atoms with Crippen LogP contribution in [-0.2, 0) is 14.3 Å². The number of aromatic nitrogens is 4. The summed E-state index contributed by atoms with van der Waals surface area (Å²) >= 11 is 0. The number of hydrogen-bond acceptors (Lipinski definition) is 7. The first-order valence-corrected chi connectivity index (χ1v) is 15.6. The maximum Gasteiger partial charge on any atom is 0.296 e. The van der Waals surface area contributed by atoms with E-state index in [1.807, 2.05) is 17.5 Å². The van der Waals surface area contributed by atoms with Crippen LogP contribution in [0.3, 0.4) is 0 Å². The number of aryl methyl sites for hydroxylation is 1. The van der Waals surface area contributed by atoms with Crippen LogP contribution >= 0.6 is 0 Å². The van der Waals surface area contributed by atoms with Crippen LogP contribution in [0.5, 0.6) is 0 Å². The van der Waals surface area contributed by atoms with Crippen LogP contribution in [0, 0.1) is 12.8 Å². The normalized spacial score (nSPS) is 20.3. The number of imidazole rings is 1. The van der Waals surface area contributed by atoms with Gasteiger partial charge in [0, 0.05) is 40.9 Å². The standard InChI is InChI=1S/C33H31N5O3S/c1-21-7-12-27(13-8-21)42(39,40)41-20-22-17-26(18-22)33-37-30(31-32(34)35-15-16-38(31)33)25-10-9-24-11-14-28(36-29(24)19-25)23-5-3-2-4-6-23/h2-5,7-16,19,22-23,26H,6,17-18,20H2,1H3,(H2,34,35)/t22-,23?,26+. The minimum atomic E-state index is -3.79. The molecule has 2 aromatic carbocycles. The van der Waals surface area contributed by atoms with Crippen LogP contribution in [-0.4, -0.2) is 34.4 Å². The Labute approximate surface area is 244 Å². The van der Waals surface area contributed by atoms with Gasteiger partial charge in [0.1, 0.15) is 22.9 Å². The van der Waals surface area contributed by atoms with Gasteiger partial charge in [-0.2, -0.15) is 8.42 Å². The van der Waals surface area contributed by atoms with E-state index >= 15 is 0 Å². The number of nitrogens with zero attached hydrogens (tertiary/aromatic N) is 4. The van der Waals surface area contributed by atoms with Gasteiger partial charge >= 0.3 is 0 Å². The lowest BCUT2D eigenvalue weighted by Crippen LogP contribution is -2.28. The molecule has 7 rings (SSSR count). The summed E-state index contributed by atoms with van der Waals surface area (Å²) in [5.74, 6) is 1.85. The molecule has 0 aliphatic heterocycles. The number of rotatable bonds is 7. The van der Waals surface area contributed by atoms with Crippen molar-refractivity contribution in [3.8, 4) is 11.3 Å². The van der Waals surface area contributed by atoms with Gasteiger partial charge in [-0.3, -0.25) is 13.6 Å². The van der Waals surface area contributed by atoms with Gasteiger partial charge in [-0.1, -0.05) is 60.2 Å². The highest BCUT2D eigenvalue weighted by Gasteiger charge is 2.35. The van der Waals surface area contributed by atoms with Crippen LogP contribution < -0.4 is 5.73 Å². The second-order valence-electron chi connectivity index (χ2n) is 11.2. The van der Waals surface area contributed by atoms with Crippen LogP contribution in [0.2, 0.25) is 0 Å². The summed E-state index contributed by atoms with van der Waals surface area (Å²) in [5, 5.41) is 1.06. The van der Waals surface area contributed by atoms with E-state index < -0.39 is 10.1 Å². The van der Waals surface area contributed by atoms with E-state index in [0.717, 1.165) is 64.0 Å². The SMILES string of the molecule is Cc1ccc(S(=O)(=O)OC[C@H]2C[C@@H](c3nc(-c4ccc5ccc(C6C=CC=CC6)nc5c4)c4c(N)nccn43)C2)cc1. The number of nitrogen functional groups attached to an aromatic ring is 1. The zero-order valence-corrected chi connectivity index (χ0v) is 24.0. The molecule has 0 radical (unpaired) electrons. The molecule has 0 bridgehead atoms. The van der Waals surface area contributed by atoms with Crippen molar-refractivity contribution in [2.45, 2.75) is 42.9 Å². The molecule has 2 aliphatic carbocycles. The molecule has 9 heteroatoms. The third kappa shape index (κ3) is 4.88. The average molecular weight is 578 g/mol. The molecule has 1 fully saturated rings. The van der Waals surface area contributed by atoms with Crippen molar-refractivity contribution in [1.29, 1.82) is 0 Å². The van der Waals surface area contributed by atoms with Gasteiger partial charge in [-0.25, -0.2) is 9.97 Å². The zero-order chi connectivity index (χ0) is 28.8. The minimum Gasteiger partial charge on any atom is -0.382 e. The Kier molecular flexibility index (Phi) is 6.63. The smallest absolute Gasteiger partial charge is 0.296 e. The highest BCUT2D eigenvalue weighted by molar-refractivity contribution is 7.86. The molecule has 5 aromatic rings. The molecule has 212 valence electrons. The summed E-state index contributed by atoms with van der Waals surface area (Å²) in [7, 11) is -3.79. The summed E-state index contributed by atoms with van der Waals surface area (Å²) in [6.45, 7) is 2.07. The molecule has 1 unspecified atom stereocenters. The third-order valence-electron chi connectivity index (χ3n) is 8.33. The molecule has 2 aliphatic rings. The van der Waals surface area contributed by atoms with Crippen LogP contribution in [0.1, 0.15) is 48.2 Å². The van der Waals surface area contributed by atoms with Crippen molar-refractivity contribution >= 4 is 32.4 Å². The summed E-state index contributed by atoms with van der Waals surface area (Å²) in [6, 6.07) is 17.1. The first kappa shape index (κ1) is 26.6.